The van der Waals surface area contributed by atoms with Gasteiger partial charge in [-0.05, 0) is 61.4 Å². The first kappa shape index (κ1) is 21.5. The van der Waals surface area contributed by atoms with Gasteiger partial charge in [0.1, 0.15) is 11.8 Å². The van der Waals surface area contributed by atoms with Crippen LogP contribution in [0.1, 0.15) is 24.8 Å². The van der Waals surface area contributed by atoms with Crippen LogP contribution in [0.5, 0.6) is 5.75 Å². The Morgan fingerprint density at radius 2 is 2.03 bits per heavy atom. The number of carbonyl (C=O) groups is 1. The molecule has 1 fully saturated rings. The summed E-state index contributed by atoms with van der Waals surface area (Å²) in [6, 6.07) is 13.4. The van der Waals surface area contributed by atoms with E-state index in [1.165, 1.54) is 0 Å². The van der Waals surface area contributed by atoms with Crippen LogP contribution >= 0.6 is 11.8 Å². The Morgan fingerprint density at radius 1 is 1.18 bits per heavy atom. The average molecular weight is 463 g/mol. The van der Waals surface area contributed by atoms with Crippen molar-refractivity contribution >= 4 is 40.2 Å². The van der Waals surface area contributed by atoms with E-state index in [2.05, 4.69) is 23.0 Å². The highest BCUT2D eigenvalue weighted by molar-refractivity contribution is 7.97. The van der Waals surface area contributed by atoms with Gasteiger partial charge in [-0.2, -0.15) is 16.3 Å². The number of methoxy groups -OCH3 is 1. The van der Waals surface area contributed by atoms with Crippen LogP contribution in [0.3, 0.4) is 0 Å². The minimum absolute atomic E-state index is 0.00422. The molecular formula is C24H26N6O2S. The summed E-state index contributed by atoms with van der Waals surface area (Å²) in [6.45, 7) is 0.709. The van der Waals surface area contributed by atoms with Gasteiger partial charge in [-0.25, -0.2) is 9.97 Å². The molecule has 1 saturated heterocycles. The summed E-state index contributed by atoms with van der Waals surface area (Å²) in [5.74, 6) is 2.73. The fourth-order valence-corrected chi connectivity index (χ4v) is 4.70. The zero-order chi connectivity index (χ0) is 22.8. The Hall–Kier alpha value is -3.33. The fraction of sp³-hybridized carbons (Fsp3) is 0.333. The molecule has 0 saturated carbocycles. The topological polar surface area (TPSA) is 93.4 Å². The number of amides is 1. The summed E-state index contributed by atoms with van der Waals surface area (Å²) in [4.78, 5) is 22.4. The third-order valence-corrected chi connectivity index (χ3v) is 6.47. The number of aromatic nitrogens is 4. The molecule has 2 aromatic carbocycles. The summed E-state index contributed by atoms with van der Waals surface area (Å²) in [5, 5.41) is 12.1. The van der Waals surface area contributed by atoms with Crippen LogP contribution in [0.15, 0.2) is 42.5 Å². The summed E-state index contributed by atoms with van der Waals surface area (Å²) in [5.41, 5.74) is 3.60. The molecule has 4 aromatic rings. The molecule has 8 nitrogen and oxygen atoms in total. The third-order valence-electron chi connectivity index (χ3n) is 5.87. The Labute approximate surface area is 196 Å². The van der Waals surface area contributed by atoms with Crippen LogP contribution in [0, 0.1) is 0 Å². The van der Waals surface area contributed by atoms with Gasteiger partial charge < -0.3 is 15.4 Å². The van der Waals surface area contributed by atoms with E-state index in [4.69, 9.17) is 19.8 Å². The van der Waals surface area contributed by atoms with Crippen molar-refractivity contribution in [1.82, 2.24) is 24.9 Å². The molecule has 170 valence electrons. The molecule has 2 N–H and O–H groups in total. The van der Waals surface area contributed by atoms with Crippen molar-refractivity contribution in [3.05, 3.63) is 48.0 Å². The van der Waals surface area contributed by atoms with Crippen molar-refractivity contribution in [3.8, 4) is 17.1 Å². The number of hydrogen-bond acceptors (Lipinski definition) is 7. The number of fused-ring (bicyclic) bond motifs is 3. The largest absolute Gasteiger partial charge is 0.497 e. The Bertz CT molecular complexity index is 1300. The molecule has 1 amide bonds. The predicted molar refractivity (Wildman–Crippen MR) is 132 cm³/mol. The second-order valence-corrected chi connectivity index (χ2v) is 8.93. The van der Waals surface area contributed by atoms with E-state index >= 15 is 0 Å². The summed E-state index contributed by atoms with van der Waals surface area (Å²) >= 11 is 1.75. The van der Waals surface area contributed by atoms with E-state index in [0.717, 1.165) is 52.8 Å². The van der Waals surface area contributed by atoms with Crippen molar-refractivity contribution in [2.75, 3.05) is 25.2 Å². The fourth-order valence-electron chi connectivity index (χ4n) is 4.15. The first-order chi connectivity index (χ1) is 16.2. The van der Waals surface area contributed by atoms with E-state index < -0.39 is 0 Å². The lowest BCUT2D eigenvalue weighted by Crippen LogP contribution is -2.38. The molecule has 0 aliphatic carbocycles. The highest BCUT2D eigenvalue weighted by Crippen LogP contribution is 2.29. The van der Waals surface area contributed by atoms with Crippen molar-refractivity contribution in [3.63, 3.8) is 0 Å². The number of hydrogen-bond donors (Lipinski definition) is 2. The van der Waals surface area contributed by atoms with Gasteiger partial charge in [-0.15, -0.1) is 5.10 Å². The zero-order valence-corrected chi connectivity index (χ0v) is 19.5. The Morgan fingerprint density at radius 3 is 2.82 bits per heavy atom. The number of nitrogens with zero attached hydrogens (tertiary/aromatic N) is 4. The van der Waals surface area contributed by atoms with Crippen LogP contribution in [-0.4, -0.2) is 51.4 Å². The van der Waals surface area contributed by atoms with Gasteiger partial charge >= 0.3 is 0 Å². The third kappa shape index (κ3) is 4.20. The Balaban J connectivity index is 1.67. The summed E-state index contributed by atoms with van der Waals surface area (Å²) in [7, 11) is 1.64. The van der Waals surface area contributed by atoms with Crippen LogP contribution in [-0.2, 0) is 10.5 Å². The minimum Gasteiger partial charge on any atom is -0.497 e. The maximum absolute atomic E-state index is 12.6. The zero-order valence-electron chi connectivity index (χ0n) is 18.7. The lowest BCUT2D eigenvalue weighted by Gasteiger charge is -2.17. The van der Waals surface area contributed by atoms with E-state index in [1.807, 2.05) is 36.4 Å². The van der Waals surface area contributed by atoms with Gasteiger partial charge in [-0.3, -0.25) is 4.79 Å². The van der Waals surface area contributed by atoms with Crippen molar-refractivity contribution in [2.24, 2.45) is 0 Å². The van der Waals surface area contributed by atoms with Crippen LogP contribution < -0.4 is 15.4 Å². The predicted octanol–water partition coefficient (Wildman–Crippen LogP) is 3.90. The van der Waals surface area contributed by atoms with Gasteiger partial charge in [0.15, 0.2) is 11.5 Å². The first-order valence-corrected chi connectivity index (χ1v) is 12.4. The molecule has 1 aliphatic heterocycles. The second kappa shape index (κ2) is 9.27. The van der Waals surface area contributed by atoms with E-state index in [1.54, 1.807) is 23.4 Å². The standard InChI is InChI=1S/C24H26N6O2S/c1-32-17-11-9-15(10-12-17)21-28-22-18-7-5-6-16(14-33-2)20(18)27-24(30(22)29-21)26-19-8-3-4-13-25-23(19)31/h5-7,9-12,19H,3-4,8,13-14H2,1-2H3,(H,25,31)(H,26,27)/t19-/m1/s1. The second-order valence-electron chi connectivity index (χ2n) is 8.06. The lowest BCUT2D eigenvalue weighted by molar-refractivity contribution is -0.121. The van der Waals surface area contributed by atoms with Crippen molar-refractivity contribution < 1.29 is 9.53 Å². The number of benzene rings is 2. The SMILES string of the molecule is COc1ccc(-c2nc3c4cccc(CSC)c4nc(N[C@@H]4CCCCNC4=O)n3n2)cc1. The molecule has 2 aromatic heterocycles. The molecule has 0 bridgehead atoms. The number of thioether (sulfide) groups is 1. The first-order valence-electron chi connectivity index (χ1n) is 11.0. The van der Waals surface area contributed by atoms with E-state index in [9.17, 15) is 4.79 Å². The molecule has 0 radical (unpaired) electrons. The quantitative estimate of drug-likeness (QED) is 0.449. The highest BCUT2D eigenvalue weighted by Gasteiger charge is 2.24. The molecule has 0 spiro atoms. The van der Waals surface area contributed by atoms with E-state index in [0.29, 0.717) is 24.0 Å². The molecule has 3 heterocycles. The van der Waals surface area contributed by atoms with Gasteiger partial charge in [0, 0.05) is 23.2 Å². The smallest absolute Gasteiger partial charge is 0.242 e. The molecule has 1 aliphatic rings. The Kier molecular flexibility index (Phi) is 6.04. The van der Waals surface area contributed by atoms with Crippen LogP contribution in [0.2, 0.25) is 0 Å². The van der Waals surface area contributed by atoms with Crippen molar-refractivity contribution in [1.29, 1.82) is 0 Å². The van der Waals surface area contributed by atoms with E-state index in [-0.39, 0.29) is 11.9 Å². The number of para-hydroxylation sites is 1. The van der Waals surface area contributed by atoms with Gasteiger partial charge in [-0.1, -0.05) is 12.1 Å². The van der Waals surface area contributed by atoms with Crippen molar-refractivity contribution in [2.45, 2.75) is 31.1 Å². The molecule has 9 heteroatoms. The van der Waals surface area contributed by atoms with Gasteiger partial charge in [0.05, 0.1) is 12.6 Å². The number of nitrogens with one attached hydrogen (secondary N) is 2. The lowest BCUT2D eigenvalue weighted by atomic mass is 10.1. The number of ether oxygens (including phenoxy) is 1. The molecule has 1 atom stereocenters. The van der Waals surface area contributed by atoms with Crippen LogP contribution in [0.25, 0.3) is 27.9 Å². The van der Waals surface area contributed by atoms with Crippen LogP contribution in [0.4, 0.5) is 5.95 Å². The van der Waals surface area contributed by atoms with Gasteiger partial charge in [0.2, 0.25) is 11.9 Å². The average Bonchev–Trinajstić information content (AvgIpc) is 3.20. The minimum atomic E-state index is -0.359. The number of carbonyl (C=O) groups excluding carboxylic acids is 1. The summed E-state index contributed by atoms with van der Waals surface area (Å²) < 4.78 is 7.00. The molecule has 5 rings (SSSR count). The monoisotopic (exact) mass is 462 g/mol. The number of rotatable bonds is 6. The van der Waals surface area contributed by atoms with Gasteiger partial charge in [0.25, 0.3) is 0 Å². The maximum atomic E-state index is 12.6. The highest BCUT2D eigenvalue weighted by atomic mass is 32.2. The maximum Gasteiger partial charge on any atom is 0.242 e. The number of anilines is 1. The molecular weight excluding hydrogens is 436 g/mol. The summed E-state index contributed by atoms with van der Waals surface area (Å²) in [6.07, 6.45) is 4.78. The molecule has 0 unspecified atom stereocenters. The normalized spacial score (nSPS) is 16.5. The molecule has 33 heavy (non-hydrogen) atoms.